The number of rotatable bonds is 2. The maximum atomic E-state index is 5.92. The summed E-state index contributed by atoms with van der Waals surface area (Å²) in [5.74, 6) is 0. The highest BCUT2D eigenvalue weighted by Crippen LogP contribution is 2.30. The first-order valence-electron chi connectivity index (χ1n) is 4.57. The lowest BCUT2D eigenvalue weighted by atomic mass is 9.78. The van der Waals surface area contributed by atoms with Crippen molar-refractivity contribution in [3.05, 3.63) is 29.8 Å². The van der Waals surface area contributed by atoms with Gasteiger partial charge in [0.05, 0.1) is 0 Å². The number of nitrogen functional groups attached to an aromatic ring is 1. The number of hydrogen-bond donors (Lipinski definition) is 2. The molecular formula is C11H18N2. The van der Waals surface area contributed by atoms with Gasteiger partial charge in [0, 0.05) is 17.1 Å². The van der Waals surface area contributed by atoms with Crippen LogP contribution in [-0.2, 0) is 5.41 Å². The second-order valence-corrected chi connectivity index (χ2v) is 4.10. The van der Waals surface area contributed by atoms with Crippen LogP contribution in [0.2, 0.25) is 0 Å². The Bertz CT molecular complexity index is 290. The second-order valence-electron chi connectivity index (χ2n) is 4.10. The zero-order chi connectivity index (χ0) is 10.1. The van der Waals surface area contributed by atoms with Gasteiger partial charge in [-0.05, 0) is 18.6 Å². The predicted molar refractivity (Wildman–Crippen MR) is 57.5 cm³/mol. The molecule has 0 amide bonds. The van der Waals surface area contributed by atoms with Gasteiger partial charge in [-0.1, -0.05) is 32.0 Å². The van der Waals surface area contributed by atoms with Gasteiger partial charge in [-0.15, -0.1) is 0 Å². The lowest BCUT2D eigenvalue weighted by Crippen LogP contribution is -2.38. The van der Waals surface area contributed by atoms with Gasteiger partial charge in [-0.2, -0.15) is 0 Å². The third-order valence-corrected chi connectivity index (χ3v) is 2.79. The number of para-hydroxylation sites is 1. The first-order chi connectivity index (χ1) is 5.96. The lowest BCUT2D eigenvalue weighted by Gasteiger charge is -2.30. The molecular weight excluding hydrogens is 160 g/mol. The van der Waals surface area contributed by atoms with E-state index in [-0.39, 0.29) is 11.5 Å². The van der Waals surface area contributed by atoms with Crippen molar-refractivity contribution >= 4 is 5.69 Å². The molecule has 72 valence electrons. The molecule has 0 aliphatic heterocycles. The quantitative estimate of drug-likeness (QED) is 0.679. The summed E-state index contributed by atoms with van der Waals surface area (Å²) >= 11 is 0. The molecule has 2 heteroatoms. The van der Waals surface area contributed by atoms with Crippen molar-refractivity contribution in [1.29, 1.82) is 0 Å². The Balaban J connectivity index is 3.14. The van der Waals surface area contributed by atoms with Gasteiger partial charge in [0.2, 0.25) is 0 Å². The van der Waals surface area contributed by atoms with Crippen molar-refractivity contribution in [2.45, 2.75) is 32.2 Å². The van der Waals surface area contributed by atoms with Gasteiger partial charge < -0.3 is 11.5 Å². The summed E-state index contributed by atoms with van der Waals surface area (Å²) in [6.07, 6.45) is 0. The molecule has 0 aromatic heterocycles. The molecule has 1 unspecified atom stereocenters. The Labute approximate surface area is 79.9 Å². The SMILES string of the molecule is CC(N)C(C)(C)c1ccccc1N. The number of anilines is 1. The molecule has 0 saturated carbocycles. The minimum atomic E-state index is -0.0641. The zero-order valence-corrected chi connectivity index (χ0v) is 8.54. The van der Waals surface area contributed by atoms with Gasteiger partial charge in [0.25, 0.3) is 0 Å². The van der Waals surface area contributed by atoms with E-state index in [0.717, 1.165) is 11.3 Å². The van der Waals surface area contributed by atoms with Crippen LogP contribution in [0.1, 0.15) is 26.3 Å². The molecule has 4 N–H and O–H groups in total. The highest BCUT2D eigenvalue weighted by atomic mass is 14.7. The van der Waals surface area contributed by atoms with Gasteiger partial charge in [-0.25, -0.2) is 0 Å². The lowest BCUT2D eigenvalue weighted by molar-refractivity contribution is 0.436. The molecule has 2 nitrogen and oxygen atoms in total. The van der Waals surface area contributed by atoms with Crippen LogP contribution in [-0.4, -0.2) is 6.04 Å². The van der Waals surface area contributed by atoms with Crippen molar-refractivity contribution in [2.24, 2.45) is 5.73 Å². The Morgan fingerprint density at radius 3 is 2.23 bits per heavy atom. The van der Waals surface area contributed by atoms with E-state index in [0.29, 0.717) is 0 Å². The molecule has 0 fully saturated rings. The normalized spacial score (nSPS) is 14.2. The Kier molecular flexibility index (Phi) is 2.62. The summed E-state index contributed by atoms with van der Waals surface area (Å²) in [6, 6.07) is 7.99. The van der Waals surface area contributed by atoms with Gasteiger partial charge in [0.1, 0.15) is 0 Å². The van der Waals surface area contributed by atoms with E-state index in [1.165, 1.54) is 0 Å². The molecule has 1 aromatic rings. The van der Waals surface area contributed by atoms with Crippen molar-refractivity contribution in [1.82, 2.24) is 0 Å². The number of hydrogen-bond acceptors (Lipinski definition) is 2. The van der Waals surface area contributed by atoms with E-state index in [1.54, 1.807) is 0 Å². The minimum absolute atomic E-state index is 0.0641. The largest absolute Gasteiger partial charge is 0.398 e. The molecule has 0 saturated heterocycles. The van der Waals surface area contributed by atoms with E-state index in [4.69, 9.17) is 11.5 Å². The first kappa shape index (κ1) is 10.1. The van der Waals surface area contributed by atoms with Crippen LogP contribution < -0.4 is 11.5 Å². The van der Waals surface area contributed by atoms with E-state index >= 15 is 0 Å². The summed E-state index contributed by atoms with van der Waals surface area (Å²) in [6.45, 7) is 6.24. The summed E-state index contributed by atoms with van der Waals surface area (Å²) in [7, 11) is 0. The molecule has 0 aliphatic rings. The molecule has 0 spiro atoms. The fraction of sp³-hybridized carbons (Fsp3) is 0.455. The highest BCUT2D eigenvalue weighted by Gasteiger charge is 2.26. The van der Waals surface area contributed by atoms with Crippen LogP contribution in [0.25, 0.3) is 0 Å². The second kappa shape index (κ2) is 3.38. The van der Waals surface area contributed by atoms with Gasteiger partial charge >= 0.3 is 0 Å². The molecule has 0 heterocycles. The fourth-order valence-corrected chi connectivity index (χ4v) is 1.33. The monoisotopic (exact) mass is 178 g/mol. The van der Waals surface area contributed by atoms with E-state index in [1.807, 2.05) is 31.2 Å². The van der Waals surface area contributed by atoms with E-state index < -0.39 is 0 Å². The van der Waals surface area contributed by atoms with Crippen LogP contribution in [0, 0.1) is 0 Å². The Morgan fingerprint density at radius 2 is 1.77 bits per heavy atom. The predicted octanol–water partition coefficient (Wildman–Crippen LogP) is 1.89. The van der Waals surface area contributed by atoms with Crippen molar-refractivity contribution < 1.29 is 0 Å². The van der Waals surface area contributed by atoms with Gasteiger partial charge in [0.15, 0.2) is 0 Å². The van der Waals surface area contributed by atoms with Crippen molar-refractivity contribution in [3.8, 4) is 0 Å². The number of nitrogens with two attached hydrogens (primary N) is 2. The molecule has 0 aliphatic carbocycles. The first-order valence-corrected chi connectivity index (χ1v) is 4.57. The molecule has 1 aromatic carbocycles. The molecule has 0 bridgehead atoms. The van der Waals surface area contributed by atoms with Crippen LogP contribution in [0.15, 0.2) is 24.3 Å². The summed E-state index contributed by atoms with van der Waals surface area (Å²) in [4.78, 5) is 0. The van der Waals surface area contributed by atoms with E-state index in [2.05, 4.69) is 13.8 Å². The van der Waals surface area contributed by atoms with E-state index in [9.17, 15) is 0 Å². The summed E-state index contributed by atoms with van der Waals surface area (Å²) in [5.41, 5.74) is 13.7. The standard InChI is InChI=1S/C11H18N2/c1-8(12)11(2,3)9-6-4-5-7-10(9)13/h4-8H,12-13H2,1-3H3. The summed E-state index contributed by atoms with van der Waals surface area (Å²) < 4.78 is 0. The molecule has 1 rings (SSSR count). The molecule has 1 atom stereocenters. The minimum Gasteiger partial charge on any atom is -0.398 e. The Hall–Kier alpha value is -1.02. The third kappa shape index (κ3) is 1.83. The maximum Gasteiger partial charge on any atom is 0.0352 e. The number of benzene rings is 1. The third-order valence-electron chi connectivity index (χ3n) is 2.79. The maximum absolute atomic E-state index is 5.92. The smallest absolute Gasteiger partial charge is 0.0352 e. The average molecular weight is 178 g/mol. The molecule has 13 heavy (non-hydrogen) atoms. The zero-order valence-electron chi connectivity index (χ0n) is 8.54. The highest BCUT2D eigenvalue weighted by molar-refractivity contribution is 5.50. The summed E-state index contributed by atoms with van der Waals surface area (Å²) in [5, 5.41) is 0. The molecule has 0 radical (unpaired) electrons. The van der Waals surface area contributed by atoms with Crippen LogP contribution >= 0.6 is 0 Å². The van der Waals surface area contributed by atoms with Crippen LogP contribution in [0.4, 0.5) is 5.69 Å². The topological polar surface area (TPSA) is 52.0 Å². The van der Waals surface area contributed by atoms with Crippen molar-refractivity contribution in [3.63, 3.8) is 0 Å². The average Bonchev–Trinajstić information content (AvgIpc) is 2.04. The van der Waals surface area contributed by atoms with Crippen molar-refractivity contribution in [2.75, 3.05) is 5.73 Å². The van der Waals surface area contributed by atoms with Crippen LogP contribution in [0.3, 0.4) is 0 Å². The van der Waals surface area contributed by atoms with Gasteiger partial charge in [-0.3, -0.25) is 0 Å². The fourth-order valence-electron chi connectivity index (χ4n) is 1.33. The van der Waals surface area contributed by atoms with Crippen LogP contribution in [0.5, 0.6) is 0 Å². The Morgan fingerprint density at radius 1 is 1.23 bits per heavy atom.